The van der Waals surface area contributed by atoms with E-state index in [0.29, 0.717) is 34.8 Å². The third kappa shape index (κ3) is 3.96. The quantitative estimate of drug-likeness (QED) is 0.561. The highest BCUT2D eigenvalue weighted by atomic mass is 16.7. The number of ether oxygens (including phenoxy) is 2. The maximum absolute atomic E-state index is 12.9. The fraction of sp³-hybridized carbons (Fsp3) is 0.364. The van der Waals surface area contributed by atoms with Crippen LogP contribution in [0.25, 0.3) is 21.9 Å². The smallest absolute Gasteiger partial charge is 0.405 e. The Morgan fingerprint density at radius 3 is 2.37 bits per heavy atom. The summed E-state index contributed by atoms with van der Waals surface area (Å²) in [4.78, 5) is 24.2. The maximum atomic E-state index is 12.9. The van der Waals surface area contributed by atoms with Gasteiger partial charge in [-0.1, -0.05) is 6.07 Å². The van der Waals surface area contributed by atoms with Crippen LogP contribution in [-0.4, -0.2) is 40.8 Å². The van der Waals surface area contributed by atoms with Gasteiger partial charge in [0.05, 0.1) is 29.5 Å². The first-order chi connectivity index (χ1) is 14.2. The number of hydrogen-bond donors (Lipinski definition) is 3. The van der Waals surface area contributed by atoms with Gasteiger partial charge in [0.15, 0.2) is 5.79 Å². The van der Waals surface area contributed by atoms with E-state index in [-0.39, 0.29) is 24.4 Å². The SMILES string of the molecule is CC1(C)OCC(CCc2ccc3oc4ccc(O)cc4c(=O)c3c2)(NC(=O)O)CO1. The van der Waals surface area contributed by atoms with Gasteiger partial charge in [0, 0.05) is 0 Å². The molecule has 1 aromatic heterocycles. The van der Waals surface area contributed by atoms with E-state index in [1.54, 1.807) is 32.0 Å². The summed E-state index contributed by atoms with van der Waals surface area (Å²) in [6.07, 6.45) is -0.214. The number of amides is 1. The number of aromatic hydroxyl groups is 1. The van der Waals surface area contributed by atoms with Crippen LogP contribution in [0.15, 0.2) is 45.6 Å². The van der Waals surface area contributed by atoms with E-state index in [9.17, 15) is 19.8 Å². The summed E-state index contributed by atoms with van der Waals surface area (Å²) in [5.41, 5.74) is 0.600. The van der Waals surface area contributed by atoms with Crippen LogP contribution in [0.1, 0.15) is 25.8 Å². The molecule has 1 saturated heterocycles. The van der Waals surface area contributed by atoms with Gasteiger partial charge in [-0.05, 0) is 62.6 Å². The summed E-state index contributed by atoms with van der Waals surface area (Å²) in [5.74, 6) is -0.773. The molecule has 158 valence electrons. The first kappa shape index (κ1) is 20.2. The third-order valence-electron chi connectivity index (χ3n) is 5.37. The largest absolute Gasteiger partial charge is 0.508 e. The minimum Gasteiger partial charge on any atom is -0.508 e. The van der Waals surface area contributed by atoms with E-state index >= 15 is 0 Å². The number of rotatable bonds is 4. The van der Waals surface area contributed by atoms with Gasteiger partial charge in [-0.3, -0.25) is 4.79 Å². The second-order valence-corrected chi connectivity index (χ2v) is 8.13. The van der Waals surface area contributed by atoms with Crippen LogP contribution in [-0.2, 0) is 15.9 Å². The number of phenolic OH excluding ortho intramolecular Hbond substituents is 1. The number of phenols is 1. The zero-order valence-corrected chi connectivity index (χ0v) is 16.7. The van der Waals surface area contributed by atoms with E-state index < -0.39 is 17.4 Å². The highest BCUT2D eigenvalue weighted by Crippen LogP contribution is 2.28. The summed E-state index contributed by atoms with van der Waals surface area (Å²) < 4.78 is 17.2. The van der Waals surface area contributed by atoms with Gasteiger partial charge in [0.25, 0.3) is 0 Å². The van der Waals surface area contributed by atoms with Gasteiger partial charge >= 0.3 is 6.09 Å². The predicted octanol–water partition coefficient (Wildman–Crippen LogP) is 3.37. The predicted molar refractivity (Wildman–Crippen MR) is 110 cm³/mol. The molecule has 8 heteroatoms. The molecule has 1 aliphatic rings. The van der Waals surface area contributed by atoms with Crippen molar-refractivity contribution in [2.75, 3.05) is 13.2 Å². The average molecular weight is 413 g/mol. The van der Waals surface area contributed by atoms with Crippen molar-refractivity contribution in [2.45, 2.75) is 38.0 Å². The number of carboxylic acid groups (broad SMARTS) is 1. The first-order valence-electron chi connectivity index (χ1n) is 9.64. The molecular formula is C22H23NO7. The van der Waals surface area contributed by atoms with Crippen molar-refractivity contribution in [3.05, 3.63) is 52.2 Å². The van der Waals surface area contributed by atoms with Crippen molar-refractivity contribution in [1.29, 1.82) is 0 Å². The lowest BCUT2D eigenvalue weighted by atomic mass is 9.91. The Hall–Kier alpha value is -3.10. The summed E-state index contributed by atoms with van der Waals surface area (Å²) in [7, 11) is 0. The van der Waals surface area contributed by atoms with Crippen molar-refractivity contribution in [3.63, 3.8) is 0 Å². The van der Waals surface area contributed by atoms with E-state index in [1.807, 2.05) is 6.07 Å². The fourth-order valence-electron chi connectivity index (χ4n) is 3.64. The molecule has 2 aromatic carbocycles. The molecule has 1 fully saturated rings. The molecular weight excluding hydrogens is 390 g/mol. The minimum absolute atomic E-state index is 0.00721. The van der Waals surface area contributed by atoms with Gasteiger partial charge in [-0.15, -0.1) is 0 Å². The molecule has 2 heterocycles. The summed E-state index contributed by atoms with van der Waals surface area (Å²) in [6.45, 7) is 3.93. The van der Waals surface area contributed by atoms with Crippen LogP contribution in [0.2, 0.25) is 0 Å². The molecule has 0 unspecified atom stereocenters. The van der Waals surface area contributed by atoms with Gasteiger partial charge in [0.1, 0.15) is 16.9 Å². The monoisotopic (exact) mass is 413 g/mol. The van der Waals surface area contributed by atoms with Crippen molar-refractivity contribution in [1.82, 2.24) is 5.32 Å². The van der Waals surface area contributed by atoms with E-state index in [4.69, 9.17) is 13.9 Å². The lowest BCUT2D eigenvalue weighted by Gasteiger charge is -2.43. The Morgan fingerprint density at radius 1 is 1.07 bits per heavy atom. The van der Waals surface area contributed by atoms with E-state index in [1.165, 1.54) is 12.1 Å². The van der Waals surface area contributed by atoms with E-state index in [0.717, 1.165) is 5.56 Å². The second-order valence-electron chi connectivity index (χ2n) is 8.13. The lowest BCUT2D eigenvalue weighted by molar-refractivity contribution is -0.271. The fourth-order valence-corrected chi connectivity index (χ4v) is 3.64. The average Bonchev–Trinajstić information content (AvgIpc) is 2.69. The highest BCUT2D eigenvalue weighted by molar-refractivity contribution is 5.90. The Morgan fingerprint density at radius 2 is 1.70 bits per heavy atom. The molecule has 1 aliphatic heterocycles. The van der Waals surface area contributed by atoms with Crippen LogP contribution in [0.4, 0.5) is 4.79 Å². The molecule has 0 atom stereocenters. The molecule has 0 radical (unpaired) electrons. The molecule has 30 heavy (non-hydrogen) atoms. The number of hydrogen-bond acceptors (Lipinski definition) is 6. The van der Waals surface area contributed by atoms with Crippen LogP contribution in [0.3, 0.4) is 0 Å². The molecule has 1 amide bonds. The van der Waals surface area contributed by atoms with Gasteiger partial charge in [-0.25, -0.2) is 4.79 Å². The van der Waals surface area contributed by atoms with Crippen molar-refractivity contribution in [2.24, 2.45) is 0 Å². The zero-order valence-electron chi connectivity index (χ0n) is 16.7. The van der Waals surface area contributed by atoms with Gasteiger partial charge < -0.3 is 29.4 Å². The van der Waals surface area contributed by atoms with Crippen molar-refractivity contribution < 1.29 is 28.9 Å². The van der Waals surface area contributed by atoms with Crippen LogP contribution < -0.4 is 10.7 Å². The Kier molecular flexibility index (Phi) is 4.91. The molecule has 4 rings (SSSR count). The number of nitrogens with one attached hydrogen (secondary N) is 1. The number of fused-ring (bicyclic) bond motifs is 2. The summed E-state index contributed by atoms with van der Waals surface area (Å²) >= 11 is 0. The molecule has 0 bridgehead atoms. The molecule has 0 spiro atoms. The lowest BCUT2D eigenvalue weighted by Crippen LogP contribution is -2.61. The summed E-state index contributed by atoms with van der Waals surface area (Å²) in [5, 5.41) is 22.2. The highest BCUT2D eigenvalue weighted by Gasteiger charge is 2.41. The van der Waals surface area contributed by atoms with E-state index in [2.05, 4.69) is 5.32 Å². The van der Waals surface area contributed by atoms with Crippen LogP contribution >= 0.6 is 0 Å². The maximum Gasteiger partial charge on any atom is 0.405 e. The minimum atomic E-state index is -1.15. The molecule has 0 aliphatic carbocycles. The molecule has 3 aromatic rings. The Labute approximate surface area is 172 Å². The first-order valence-corrected chi connectivity index (χ1v) is 9.64. The zero-order chi connectivity index (χ0) is 21.5. The standard InChI is InChI=1S/C22H23NO7/c1-21(2)28-11-22(12-29-21,23-20(26)27)8-7-13-3-5-17-15(9-13)19(25)16-10-14(24)4-6-18(16)30-17/h3-6,9-10,23-24H,7-8,11-12H2,1-2H3,(H,26,27). The van der Waals surface area contributed by atoms with Crippen molar-refractivity contribution >= 4 is 28.0 Å². The Bertz CT molecular complexity index is 1170. The number of carbonyl (C=O) groups is 1. The van der Waals surface area contributed by atoms with Crippen LogP contribution in [0, 0.1) is 0 Å². The second kappa shape index (κ2) is 7.30. The molecule has 3 N–H and O–H groups in total. The number of benzene rings is 2. The number of aryl methyl sites for hydroxylation is 1. The topological polar surface area (TPSA) is 118 Å². The third-order valence-corrected chi connectivity index (χ3v) is 5.37. The van der Waals surface area contributed by atoms with Crippen molar-refractivity contribution in [3.8, 4) is 5.75 Å². The Balaban J connectivity index is 1.63. The molecule has 0 saturated carbocycles. The van der Waals surface area contributed by atoms with Gasteiger partial charge in [-0.2, -0.15) is 0 Å². The van der Waals surface area contributed by atoms with Crippen LogP contribution in [0.5, 0.6) is 5.75 Å². The normalized spacial score (nSPS) is 17.8. The summed E-state index contributed by atoms with van der Waals surface area (Å²) in [6, 6.07) is 9.74. The van der Waals surface area contributed by atoms with Gasteiger partial charge in [0.2, 0.25) is 5.43 Å². The molecule has 8 nitrogen and oxygen atoms in total.